The summed E-state index contributed by atoms with van der Waals surface area (Å²) in [5, 5.41) is 15.4. The first-order valence-corrected chi connectivity index (χ1v) is 15.0. The first-order chi connectivity index (χ1) is 17.6. The molecule has 0 radical (unpaired) electrons. The maximum atomic E-state index is 11.5. The van der Waals surface area contributed by atoms with Crippen LogP contribution in [0.5, 0.6) is 5.75 Å². The van der Waals surface area contributed by atoms with Gasteiger partial charge in [0.25, 0.3) is 0 Å². The molecule has 4 rings (SSSR count). The predicted molar refractivity (Wildman–Crippen MR) is 155 cm³/mol. The summed E-state index contributed by atoms with van der Waals surface area (Å²) < 4.78 is 12.4. The van der Waals surface area contributed by atoms with Crippen LogP contribution in [0.4, 0.5) is 0 Å². The molecular formula is C31H33BrO3P+. The Kier molecular flexibility index (Phi) is 9.72. The molecule has 0 heterocycles. The predicted octanol–water partition coefficient (Wildman–Crippen LogP) is 6.33. The Morgan fingerprint density at radius 2 is 1.19 bits per heavy atom. The van der Waals surface area contributed by atoms with Crippen molar-refractivity contribution in [3.63, 3.8) is 0 Å². The highest BCUT2D eigenvalue weighted by Gasteiger charge is 2.52. The minimum atomic E-state index is -2.13. The van der Waals surface area contributed by atoms with Crippen molar-refractivity contribution in [3.8, 4) is 5.75 Å². The maximum Gasteiger partial charge on any atom is 0.189 e. The topological polar surface area (TPSA) is 38.7 Å². The van der Waals surface area contributed by atoms with E-state index in [9.17, 15) is 5.11 Å². The van der Waals surface area contributed by atoms with E-state index >= 15 is 0 Å². The molecule has 0 saturated heterocycles. The number of benzene rings is 4. The molecule has 0 spiro atoms. The fourth-order valence-corrected chi connectivity index (χ4v) is 9.90. The molecule has 0 aliphatic heterocycles. The molecule has 4 aromatic rings. The van der Waals surface area contributed by atoms with Gasteiger partial charge in [-0.2, -0.15) is 0 Å². The van der Waals surface area contributed by atoms with Crippen LogP contribution >= 0.6 is 23.2 Å². The number of aliphatic hydroxyl groups is 1. The summed E-state index contributed by atoms with van der Waals surface area (Å²) in [7, 11) is -2.13. The quantitative estimate of drug-likeness (QED) is 0.124. The van der Waals surface area contributed by atoms with Gasteiger partial charge in [0, 0.05) is 4.47 Å². The Hall–Kier alpha value is -2.49. The molecule has 186 valence electrons. The molecule has 0 aliphatic carbocycles. The maximum absolute atomic E-state index is 11.5. The molecule has 0 unspecified atom stereocenters. The molecule has 0 aromatic heterocycles. The van der Waals surface area contributed by atoms with Crippen molar-refractivity contribution in [2.75, 3.05) is 13.4 Å². The lowest BCUT2D eigenvalue weighted by Crippen LogP contribution is -2.42. The molecule has 36 heavy (non-hydrogen) atoms. The monoisotopic (exact) mass is 563 g/mol. The average Bonchev–Trinajstić information content (AvgIpc) is 2.93. The summed E-state index contributed by atoms with van der Waals surface area (Å²) >= 11 is 3.42. The van der Waals surface area contributed by atoms with E-state index < -0.39 is 13.4 Å². The van der Waals surface area contributed by atoms with Crippen molar-refractivity contribution in [2.24, 2.45) is 0 Å². The standard InChI is InChI=1S/C31H33BrO3P/c1-25(31(33)18-11-23-34-24-35-27-21-19-26(32)20-22-27)36(28-12-5-2-6-13-28,29-14-7-3-8-15-29)30-16-9-4-10-17-30/h2-10,12-17,19-22,25,31,33H,11,18,23-24H2,1H3/q+1/t25-,31+/m1/s1. The highest BCUT2D eigenvalue weighted by atomic mass is 79.9. The van der Waals surface area contributed by atoms with Crippen LogP contribution < -0.4 is 20.7 Å². The summed E-state index contributed by atoms with van der Waals surface area (Å²) in [6.45, 7) is 2.94. The zero-order valence-corrected chi connectivity index (χ0v) is 23.0. The second-order valence-electron chi connectivity index (χ2n) is 8.80. The first kappa shape index (κ1) is 26.6. The van der Waals surface area contributed by atoms with Gasteiger partial charge in [-0.3, -0.25) is 0 Å². The molecular weight excluding hydrogens is 531 g/mol. The molecule has 0 amide bonds. The molecule has 0 fully saturated rings. The highest BCUT2D eigenvalue weighted by molar-refractivity contribution is 9.10. The van der Waals surface area contributed by atoms with Gasteiger partial charge in [-0.25, -0.2) is 0 Å². The van der Waals surface area contributed by atoms with Crippen LogP contribution in [0, 0.1) is 0 Å². The summed E-state index contributed by atoms with van der Waals surface area (Å²) in [5.74, 6) is 0.773. The van der Waals surface area contributed by atoms with Gasteiger partial charge in [-0.15, -0.1) is 0 Å². The normalized spacial score (nSPS) is 13.2. The van der Waals surface area contributed by atoms with E-state index in [2.05, 4.69) is 114 Å². The van der Waals surface area contributed by atoms with E-state index in [1.165, 1.54) is 15.9 Å². The Labute approximate surface area is 223 Å². The fourth-order valence-electron chi connectivity index (χ4n) is 4.74. The SMILES string of the molecule is C[C@H]([C@@H](O)CCCOCOc1ccc(Br)cc1)[P+](c1ccccc1)(c1ccccc1)c1ccccc1. The van der Waals surface area contributed by atoms with Crippen molar-refractivity contribution in [1.82, 2.24) is 0 Å². The van der Waals surface area contributed by atoms with Crippen LogP contribution in [0.2, 0.25) is 0 Å². The number of hydrogen-bond acceptors (Lipinski definition) is 3. The third-order valence-electron chi connectivity index (χ3n) is 6.57. The lowest BCUT2D eigenvalue weighted by molar-refractivity contribution is 0.00956. The van der Waals surface area contributed by atoms with Crippen molar-refractivity contribution in [3.05, 3.63) is 120 Å². The largest absolute Gasteiger partial charge is 0.468 e. The van der Waals surface area contributed by atoms with E-state index in [-0.39, 0.29) is 12.5 Å². The van der Waals surface area contributed by atoms with E-state index in [4.69, 9.17) is 9.47 Å². The van der Waals surface area contributed by atoms with Crippen molar-refractivity contribution in [1.29, 1.82) is 0 Å². The fraction of sp³-hybridized carbons (Fsp3) is 0.226. The Balaban J connectivity index is 1.49. The summed E-state index contributed by atoms with van der Waals surface area (Å²) in [6, 6.07) is 39.8. The minimum absolute atomic E-state index is 0.0312. The number of hydrogen-bond donors (Lipinski definition) is 1. The van der Waals surface area contributed by atoms with Gasteiger partial charge in [0.1, 0.15) is 34.6 Å². The molecule has 3 nitrogen and oxygen atoms in total. The van der Waals surface area contributed by atoms with E-state index in [0.717, 1.165) is 16.6 Å². The minimum Gasteiger partial charge on any atom is -0.468 e. The second-order valence-corrected chi connectivity index (χ2v) is 13.5. The average molecular weight is 564 g/mol. The van der Waals surface area contributed by atoms with Crippen molar-refractivity contribution in [2.45, 2.75) is 31.5 Å². The Bertz CT molecular complexity index is 1070. The molecule has 0 bridgehead atoms. The number of halogens is 1. The van der Waals surface area contributed by atoms with Gasteiger partial charge in [0.15, 0.2) is 6.79 Å². The van der Waals surface area contributed by atoms with E-state index in [1.54, 1.807) is 0 Å². The number of ether oxygens (including phenoxy) is 2. The third-order valence-corrected chi connectivity index (χ3v) is 12.0. The van der Waals surface area contributed by atoms with Crippen LogP contribution in [0.15, 0.2) is 120 Å². The van der Waals surface area contributed by atoms with Crippen molar-refractivity contribution >= 4 is 39.1 Å². The van der Waals surface area contributed by atoms with Gasteiger partial charge < -0.3 is 14.6 Å². The summed E-state index contributed by atoms with van der Waals surface area (Å²) in [4.78, 5) is 0. The van der Waals surface area contributed by atoms with Crippen LogP contribution in [0.3, 0.4) is 0 Å². The molecule has 5 heteroatoms. The van der Waals surface area contributed by atoms with E-state index in [0.29, 0.717) is 13.0 Å². The third kappa shape index (κ3) is 6.25. The smallest absolute Gasteiger partial charge is 0.189 e. The number of aliphatic hydroxyl groups excluding tert-OH is 1. The van der Waals surface area contributed by atoms with Crippen LogP contribution in [-0.2, 0) is 4.74 Å². The van der Waals surface area contributed by atoms with Crippen LogP contribution in [-0.4, -0.2) is 30.3 Å². The molecule has 0 aliphatic rings. The lowest BCUT2D eigenvalue weighted by atomic mass is 10.1. The number of rotatable bonds is 12. The van der Waals surface area contributed by atoms with Crippen LogP contribution in [0.1, 0.15) is 19.8 Å². The Morgan fingerprint density at radius 1 is 0.722 bits per heavy atom. The van der Waals surface area contributed by atoms with Gasteiger partial charge in [-0.1, -0.05) is 70.5 Å². The van der Waals surface area contributed by atoms with Crippen molar-refractivity contribution < 1.29 is 14.6 Å². The Morgan fingerprint density at radius 3 is 1.67 bits per heavy atom. The lowest BCUT2D eigenvalue weighted by Gasteiger charge is -2.35. The van der Waals surface area contributed by atoms with Crippen LogP contribution in [0.25, 0.3) is 0 Å². The molecule has 2 atom stereocenters. The highest BCUT2D eigenvalue weighted by Crippen LogP contribution is 2.60. The summed E-state index contributed by atoms with van der Waals surface area (Å²) in [6.07, 6.45) is 0.941. The van der Waals surface area contributed by atoms with Gasteiger partial charge in [0.05, 0.1) is 12.7 Å². The first-order valence-electron chi connectivity index (χ1n) is 12.3. The van der Waals surface area contributed by atoms with Gasteiger partial charge in [-0.05, 0) is 80.4 Å². The molecule has 1 N–H and O–H groups in total. The van der Waals surface area contributed by atoms with Gasteiger partial charge in [0.2, 0.25) is 0 Å². The molecule has 0 saturated carbocycles. The van der Waals surface area contributed by atoms with E-state index in [1.807, 2.05) is 24.3 Å². The molecule has 4 aromatic carbocycles. The zero-order valence-electron chi connectivity index (χ0n) is 20.5. The summed E-state index contributed by atoms with van der Waals surface area (Å²) in [5.41, 5.74) is 0.0312. The second kappa shape index (κ2) is 13.2. The zero-order chi connectivity index (χ0) is 25.2. The van der Waals surface area contributed by atoms with Gasteiger partial charge >= 0.3 is 0 Å².